The smallest absolute Gasteiger partial charge is 0.303 e. The molecule has 18 heavy (non-hydrogen) atoms. The maximum Gasteiger partial charge on any atom is 0.303 e. The summed E-state index contributed by atoms with van der Waals surface area (Å²) in [6.45, 7) is 1.68. The second kappa shape index (κ2) is 6.49. The van der Waals surface area contributed by atoms with E-state index in [2.05, 4.69) is 21.2 Å². The average molecular weight is 318 g/mol. The molecule has 1 aromatic carbocycles. The first kappa shape index (κ1) is 14.6. The van der Waals surface area contributed by atoms with E-state index in [1.807, 2.05) is 0 Å². The molecule has 1 amide bonds. The molecule has 0 fully saturated rings. The van der Waals surface area contributed by atoms with Gasteiger partial charge in [-0.3, -0.25) is 9.59 Å². The highest BCUT2D eigenvalue weighted by Gasteiger charge is 2.15. The summed E-state index contributed by atoms with van der Waals surface area (Å²) in [6, 6.07) is 3.75. The number of rotatable bonds is 5. The number of aliphatic carboxylic acids is 1. The van der Waals surface area contributed by atoms with E-state index < -0.39 is 17.7 Å². The number of benzene rings is 1. The van der Waals surface area contributed by atoms with Crippen LogP contribution in [0.3, 0.4) is 0 Å². The molecule has 0 aliphatic rings. The topological polar surface area (TPSA) is 66.4 Å². The lowest BCUT2D eigenvalue weighted by atomic mass is 10.1. The molecule has 0 unspecified atom stereocenters. The SMILES string of the molecule is C[C@@H](CCC(=O)O)NC(=O)c1cc(Br)ccc1F. The van der Waals surface area contributed by atoms with Gasteiger partial charge in [0.2, 0.25) is 0 Å². The summed E-state index contributed by atoms with van der Waals surface area (Å²) in [5, 5.41) is 11.1. The monoisotopic (exact) mass is 317 g/mol. The quantitative estimate of drug-likeness (QED) is 0.877. The van der Waals surface area contributed by atoms with E-state index in [1.54, 1.807) is 6.92 Å². The Kier molecular flexibility index (Phi) is 5.27. The molecule has 2 N–H and O–H groups in total. The molecule has 1 atom stereocenters. The highest BCUT2D eigenvalue weighted by molar-refractivity contribution is 9.10. The van der Waals surface area contributed by atoms with Crippen molar-refractivity contribution in [3.05, 3.63) is 34.1 Å². The summed E-state index contributed by atoms with van der Waals surface area (Å²) < 4.78 is 14.0. The van der Waals surface area contributed by atoms with Crippen LogP contribution in [0.4, 0.5) is 4.39 Å². The van der Waals surface area contributed by atoms with Gasteiger partial charge in [0.1, 0.15) is 5.82 Å². The fourth-order valence-electron chi connectivity index (χ4n) is 1.39. The molecule has 0 radical (unpaired) electrons. The van der Waals surface area contributed by atoms with Crippen LogP contribution in [0.1, 0.15) is 30.1 Å². The van der Waals surface area contributed by atoms with Crippen molar-refractivity contribution in [2.24, 2.45) is 0 Å². The molecule has 6 heteroatoms. The van der Waals surface area contributed by atoms with Crippen LogP contribution < -0.4 is 5.32 Å². The van der Waals surface area contributed by atoms with Gasteiger partial charge < -0.3 is 10.4 Å². The van der Waals surface area contributed by atoms with Gasteiger partial charge in [-0.2, -0.15) is 0 Å². The van der Waals surface area contributed by atoms with E-state index in [-0.39, 0.29) is 18.0 Å². The van der Waals surface area contributed by atoms with Crippen LogP contribution in [0.2, 0.25) is 0 Å². The van der Waals surface area contributed by atoms with E-state index in [0.717, 1.165) is 0 Å². The molecular formula is C12H13BrFNO3. The molecule has 1 rings (SSSR count). The summed E-state index contributed by atoms with van der Waals surface area (Å²) >= 11 is 3.16. The minimum atomic E-state index is -0.926. The second-order valence-corrected chi connectivity index (χ2v) is 4.85. The first-order valence-electron chi connectivity index (χ1n) is 5.38. The van der Waals surface area contributed by atoms with Gasteiger partial charge in [-0.15, -0.1) is 0 Å². The highest BCUT2D eigenvalue weighted by atomic mass is 79.9. The van der Waals surface area contributed by atoms with Crippen molar-refractivity contribution < 1.29 is 19.1 Å². The Morgan fingerprint density at radius 1 is 1.50 bits per heavy atom. The Labute approximate surface area is 112 Å². The van der Waals surface area contributed by atoms with Crippen molar-refractivity contribution in [1.29, 1.82) is 0 Å². The van der Waals surface area contributed by atoms with Crippen molar-refractivity contribution in [2.75, 3.05) is 0 Å². The minimum Gasteiger partial charge on any atom is -0.481 e. The Morgan fingerprint density at radius 3 is 2.78 bits per heavy atom. The van der Waals surface area contributed by atoms with Gasteiger partial charge in [0, 0.05) is 16.9 Å². The summed E-state index contributed by atoms with van der Waals surface area (Å²) in [4.78, 5) is 22.1. The summed E-state index contributed by atoms with van der Waals surface area (Å²) in [5.74, 6) is -2.09. The average Bonchev–Trinajstić information content (AvgIpc) is 2.29. The standard InChI is InChI=1S/C12H13BrFNO3/c1-7(2-5-11(16)17)15-12(18)9-6-8(13)3-4-10(9)14/h3-4,6-7H,2,5H2,1H3,(H,15,18)(H,16,17)/t7-/m0/s1. The van der Waals surface area contributed by atoms with Gasteiger partial charge in [0.05, 0.1) is 5.56 Å². The third-order valence-electron chi connectivity index (χ3n) is 2.34. The Balaban J connectivity index is 2.64. The lowest BCUT2D eigenvalue weighted by Gasteiger charge is -2.13. The van der Waals surface area contributed by atoms with Crippen molar-refractivity contribution in [1.82, 2.24) is 5.32 Å². The molecule has 0 bridgehead atoms. The molecule has 4 nitrogen and oxygen atoms in total. The molecule has 0 spiro atoms. The predicted octanol–water partition coefficient (Wildman–Crippen LogP) is 2.57. The second-order valence-electron chi connectivity index (χ2n) is 3.93. The fraction of sp³-hybridized carbons (Fsp3) is 0.333. The molecule has 0 heterocycles. The van der Waals surface area contributed by atoms with E-state index in [9.17, 15) is 14.0 Å². The van der Waals surface area contributed by atoms with Crippen molar-refractivity contribution in [3.8, 4) is 0 Å². The van der Waals surface area contributed by atoms with Crippen LogP contribution in [0.15, 0.2) is 22.7 Å². The van der Waals surface area contributed by atoms with Gasteiger partial charge in [-0.25, -0.2) is 4.39 Å². The molecule has 0 aliphatic heterocycles. The van der Waals surface area contributed by atoms with Gasteiger partial charge in [-0.1, -0.05) is 15.9 Å². The Morgan fingerprint density at radius 2 is 2.17 bits per heavy atom. The summed E-state index contributed by atoms with van der Waals surface area (Å²) in [6.07, 6.45) is 0.263. The maximum atomic E-state index is 13.4. The van der Waals surface area contributed by atoms with Crippen LogP contribution in [-0.2, 0) is 4.79 Å². The number of carbonyl (C=O) groups is 2. The Bertz CT molecular complexity index is 465. The van der Waals surface area contributed by atoms with Crippen LogP contribution >= 0.6 is 15.9 Å². The fourth-order valence-corrected chi connectivity index (χ4v) is 1.75. The lowest BCUT2D eigenvalue weighted by Crippen LogP contribution is -2.33. The largest absolute Gasteiger partial charge is 0.481 e. The number of carboxylic acid groups (broad SMARTS) is 1. The van der Waals surface area contributed by atoms with E-state index >= 15 is 0 Å². The highest BCUT2D eigenvalue weighted by Crippen LogP contribution is 2.15. The molecule has 0 saturated carbocycles. The zero-order chi connectivity index (χ0) is 13.7. The zero-order valence-electron chi connectivity index (χ0n) is 9.74. The van der Waals surface area contributed by atoms with Gasteiger partial charge >= 0.3 is 5.97 Å². The van der Waals surface area contributed by atoms with Gasteiger partial charge in [-0.05, 0) is 31.5 Å². The first-order valence-corrected chi connectivity index (χ1v) is 6.17. The number of amides is 1. The number of carboxylic acids is 1. The molecular weight excluding hydrogens is 305 g/mol. The minimum absolute atomic E-state index is 0.0393. The van der Waals surface area contributed by atoms with Crippen molar-refractivity contribution in [2.45, 2.75) is 25.8 Å². The van der Waals surface area contributed by atoms with Gasteiger partial charge in [0.25, 0.3) is 5.91 Å². The van der Waals surface area contributed by atoms with Crippen LogP contribution in [0.5, 0.6) is 0 Å². The molecule has 0 aliphatic carbocycles. The van der Waals surface area contributed by atoms with Crippen LogP contribution in [0.25, 0.3) is 0 Å². The third-order valence-corrected chi connectivity index (χ3v) is 2.83. The molecule has 0 saturated heterocycles. The lowest BCUT2D eigenvalue weighted by molar-refractivity contribution is -0.137. The van der Waals surface area contributed by atoms with E-state index in [1.165, 1.54) is 18.2 Å². The summed E-state index contributed by atoms with van der Waals surface area (Å²) in [5.41, 5.74) is -0.0634. The number of nitrogens with one attached hydrogen (secondary N) is 1. The Hall–Kier alpha value is -1.43. The van der Waals surface area contributed by atoms with Crippen LogP contribution in [-0.4, -0.2) is 23.0 Å². The van der Waals surface area contributed by atoms with E-state index in [4.69, 9.17) is 5.11 Å². The van der Waals surface area contributed by atoms with E-state index in [0.29, 0.717) is 10.9 Å². The van der Waals surface area contributed by atoms with Crippen molar-refractivity contribution in [3.63, 3.8) is 0 Å². The van der Waals surface area contributed by atoms with Crippen LogP contribution in [0, 0.1) is 5.82 Å². The van der Waals surface area contributed by atoms with Gasteiger partial charge in [0.15, 0.2) is 0 Å². The number of hydrogen-bond acceptors (Lipinski definition) is 2. The molecule has 0 aromatic heterocycles. The number of hydrogen-bond donors (Lipinski definition) is 2. The first-order chi connectivity index (χ1) is 8.40. The van der Waals surface area contributed by atoms with Crippen molar-refractivity contribution >= 4 is 27.8 Å². The molecule has 1 aromatic rings. The zero-order valence-corrected chi connectivity index (χ0v) is 11.3. The normalized spacial score (nSPS) is 11.9. The number of halogens is 2. The molecule has 98 valence electrons. The third kappa shape index (κ3) is 4.44. The maximum absolute atomic E-state index is 13.4. The summed E-state index contributed by atoms with van der Waals surface area (Å²) in [7, 11) is 0. The number of carbonyl (C=O) groups excluding carboxylic acids is 1. The predicted molar refractivity (Wildman–Crippen MR) is 67.9 cm³/mol.